The number of carbonyl (C=O) groups is 2. The van der Waals surface area contributed by atoms with Gasteiger partial charge < -0.3 is 15.0 Å². The van der Waals surface area contributed by atoms with Crippen LogP contribution < -0.4 is 5.32 Å². The summed E-state index contributed by atoms with van der Waals surface area (Å²) in [5.74, 6) is -0.148. The van der Waals surface area contributed by atoms with Gasteiger partial charge in [-0.2, -0.15) is 5.10 Å². The van der Waals surface area contributed by atoms with Crippen LogP contribution in [0.2, 0.25) is 0 Å². The Morgan fingerprint density at radius 1 is 1.37 bits per heavy atom. The summed E-state index contributed by atoms with van der Waals surface area (Å²) in [6, 6.07) is 0. The minimum atomic E-state index is -0.530. The molecule has 2 aliphatic rings. The van der Waals surface area contributed by atoms with E-state index < -0.39 is 5.60 Å². The summed E-state index contributed by atoms with van der Waals surface area (Å²) in [6.45, 7) is 11.0. The first-order valence-corrected chi connectivity index (χ1v) is 9.59. The van der Waals surface area contributed by atoms with Gasteiger partial charge in [-0.3, -0.25) is 9.48 Å². The Balaban J connectivity index is 1.69. The van der Waals surface area contributed by atoms with Crippen LogP contribution in [-0.4, -0.2) is 45.4 Å². The number of hydrogen-bond donors (Lipinski definition) is 1. The molecule has 1 saturated carbocycles. The quantitative estimate of drug-likeness (QED) is 0.822. The number of hydrogen-bond acceptors (Lipinski definition) is 4. The van der Waals surface area contributed by atoms with Crippen molar-refractivity contribution >= 4 is 12.0 Å². The molecule has 1 aliphatic heterocycles. The molecule has 1 N–H and O–H groups in total. The van der Waals surface area contributed by atoms with E-state index in [2.05, 4.69) is 17.0 Å². The van der Waals surface area contributed by atoms with Gasteiger partial charge in [0.1, 0.15) is 5.60 Å². The first-order valence-electron chi connectivity index (χ1n) is 9.59. The Labute approximate surface area is 160 Å². The molecule has 1 aromatic rings. The number of fused-ring (bicyclic) bond motifs is 1. The zero-order valence-electron chi connectivity index (χ0n) is 16.8. The van der Waals surface area contributed by atoms with Crippen LogP contribution in [0.5, 0.6) is 0 Å². The average Bonchev–Trinajstić information content (AvgIpc) is 2.89. The number of rotatable bonds is 4. The third-order valence-corrected chi connectivity index (χ3v) is 5.50. The second-order valence-corrected chi connectivity index (χ2v) is 8.65. The Morgan fingerprint density at radius 2 is 2.07 bits per heavy atom. The number of ether oxygens (including phenoxy) is 1. The summed E-state index contributed by atoms with van der Waals surface area (Å²) in [4.78, 5) is 26.7. The van der Waals surface area contributed by atoms with E-state index in [1.54, 1.807) is 9.58 Å². The number of aromatic nitrogens is 2. The van der Waals surface area contributed by atoms with Gasteiger partial charge in [-0.15, -0.1) is 6.58 Å². The van der Waals surface area contributed by atoms with E-state index in [4.69, 9.17) is 4.74 Å². The van der Waals surface area contributed by atoms with Crippen molar-refractivity contribution in [3.63, 3.8) is 0 Å². The van der Waals surface area contributed by atoms with Crippen molar-refractivity contribution in [3.8, 4) is 0 Å². The lowest BCUT2D eigenvalue weighted by Crippen LogP contribution is -2.42. The van der Waals surface area contributed by atoms with Crippen LogP contribution in [0.3, 0.4) is 0 Å². The second kappa shape index (κ2) is 7.02. The fourth-order valence-corrected chi connectivity index (χ4v) is 3.66. The smallest absolute Gasteiger partial charge is 0.410 e. The highest BCUT2D eigenvalue weighted by molar-refractivity contribution is 5.94. The molecule has 27 heavy (non-hydrogen) atoms. The Kier molecular flexibility index (Phi) is 5.06. The third-order valence-electron chi connectivity index (χ3n) is 5.50. The van der Waals surface area contributed by atoms with Crippen LogP contribution in [0.4, 0.5) is 4.79 Å². The maximum Gasteiger partial charge on any atom is 0.410 e. The third kappa shape index (κ3) is 4.01. The molecule has 0 atom stereocenters. The SMILES string of the molecule is C=CC1(CNC(=O)c2nn(C)c3c2CCN(C(=O)OC(C)(C)C)C3)CCC1. The van der Waals surface area contributed by atoms with Gasteiger partial charge >= 0.3 is 6.09 Å². The van der Waals surface area contributed by atoms with Crippen molar-refractivity contribution < 1.29 is 14.3 Å². The van der Waals surface area contributed by atoms with E-state index in [9.17, 15) is 9.59 Å². The molecule has 0 radical (unpaired) electrons. The number of nitrogens with zero attached hydrogens (tertiary/aromatic N) is 3. The van der Waals surface area contributed by atoms with E-state index in [1.807, 2.05) is 33.9 Å². The van der Waals surface area contributed by atoms with Crippen molar-refractivity contribution in [3.05, 3.63) is 29.6 Å². The lowest BCUT2D eigenvalue weighted by molar-refractivity contribution is 0.0219. The second-order valence-electron chi connectivity index (χ2n) is 8.65. The van der Waals surface area contributed by atoms with Crippen molar-refractivity contribution in [2.75, 3.05) is 13.1 Å². The van der Waals surface area contributed by atoms with E-state index >= 15 is 0 Å². The number of amides is 2. The Bertz CT molecular complexity index is 756. The fourth-order valence-electron chi connectivity index (χ4n) is 3.66. The topological polar surface area (TPSA) is 76.5 Å². The summed E-state index contributed by atoms with van der Waals surface area (Å²) in [5, 5.41) is 7.46. The van der Waals surface area contributed by atoms with E-state index in [0.717, 1.165) is 24.1 Å². The molecule has 1 aliphatic carbocycles. The molecule has 7 heteroatoms. The molecule has 148 valence electrons. The van der Waals surface area contributed by atoms with Crippen LogP contribution in [0.25, 0.3) is 0 Å². The highest BCUT2D eigenvalue weighted by atomic mass is 16.6. The number of aryl methyl sites for hydroxylation is 1. The van der Waals surface area contributed by atoms with Gasteiger partial charge in [-0.25, -0.2) is 4.79 Å². The summed E-state index contributed by atoms with van der Waals surface area (Å²) >= 11 is 0. The molecule has 0 bridgehead atoms. The molecule has 2 heterocycles. The zero-order chi connectivity index (χ0) is 19.8. The highest BCUT2D eigenvalue weighted by Crippen LogP contribution is 2.41. The minimum absolute atomic E-state index is 0.0397. The first kappa shape index (κ1) is 19.5. The van der Waals surface area contributed by atoms with Crippen LogP contribution in [0, 0.1) is 5.41 Å². The summed E-state index contributed by atoms with van der Waals surface area (Å²) < 4.78 is 7.16. The van der Waals surface area contributed by atoms with Crippen molar-refractivity contribution in [2.24, 2.45) is 12.5 Å². The van der Waals surface area contributed by atoms with Gasteiger partial charge in [0.2, 0.25) is 0 Å². The average molecular weight is 374 g/mol. The van der Waals surface area contributed by atoms with Crippen LogP contribution in [0.1, 0.15) is 61.8 Å². The first-order chi connectivity index (χ1) is 12.6. The molecule has 0 spiro atoms. The molecule has 0 saturated heterocycles. The molecular formula is C20H30N4O3. The van der Waals surface area contributed by atoms with Crippen molar-refractivity contribution in [2.45, 2.75) is 58.6 Å². The van der Waals surface area contributed by atoms with Gasteiger partial charge in [0.05, 0.1) is 12.2 Å². The number of nitrogens with one attached hydrogen (secondary N) is 1. The van der Waals surface area contributed by atoms with E-state index in [0.29, 0.717) is 31.7 Å². The highest BCUT2D eigenvalue weighted by Gasteiger charge is 2.35. The lowest BCUT2D eigenvalue weighted by Gasteiger charge is -2.39. The van der Waals surface area contributed by atoms with Gasteiger partial charge in [-0.1, -0.05) is 12.5 Å². The summed E-state index contributed by atoms with van der Waals surface area (Å²) in [7, 11) is 1.81. The summed E-state index contributed by atoms with van der Waals surface area (Å²) in [6.07, 6.45) is 5.55. The standard InChI is InChI=1S/C20H30N4O3/c1-6-20(9-7-10-20)13-21-17(25)16-14-8-11-24(12-15(14)23(5)22-16)18(26)27-19(2,3)4/h6H,1,7-13H2,2-5H3,(H,21,25). The van der Waals surface area contributed by atoms with Crippen LogP contribution in [0.15, 0.2) is 12.7 Å². The summed E-state index contributed by atoms with van der Waals surface area (Å²) in [5.41, 5.74) is 1.79. The minimum Gasteiger partial charge on any atom is -0.444 e. The van der Waals surface area contributed by atoms with Gasteiger partial charge in [0.15, 0.2) is 5.69 Å². The zero-order valence-corrected chi connectivity index (χ0v) is 16.8. The normalized spacial score (nSPS) is 18.3. The molecule has 3 rings (SSSR count). The van der Waals surface area contributed by atoms with Crippen LogP contribution >= 0.6 is 0 Å². The van der Waals surface area contributed by atoms with Crippen molar-refractivity contribution in [1.82, 2.24) is 20.0 Å². The van der Waals surface area contributed by atoms with E-state index in [1.165, 1.54) is 6.42 Å². The predicted octanol–water partition coefficient (Wildman–Crippen LogP) is 2.80. The molecule has 2 amide bonds. The maximum absolute atomic E-state index is 12.7. The molecule has 0 aromatic carbocycles. The van der Waals surface area contributed by atoms with Crippen LogP contribution in [-0.2, 0) is 24.8 Å². The molecule has 1 aromatic heterocycles. The monoisotopic (exact) mass is 374 g/mol. The van der Waals surface area contributed by atoms with Gasteiger partial charge in [0, 0.05) is 31.1 Å². The molecule has 7 nitrogen and oxygen atoms in total. The molecular weight excluding hydrogens is 344 g/mol. The number of carbonyl (C=O) groups excluding carboxylic acids is 2. The lowest BCUT2D eigenvalue weighted by atomic mass is 9.69. The Hall–Kier alpha value is -2.31. The molecule has 1 fully saturated rings. The van der Waals surface area contributed by atoms with Gasteiger partial charge in [-0.05, 0) is 40.0 Å². The van der Waals surface area contributed by atoms with E-state index in [-0.39, 0.29) is 17.4 Å². The maximum atomic E-state index is 12.7. The van der Waals surface area contributed by atoms with Gasteiger partial charge in [0.25, 0.3) is 5.91 Å². The fraction of sp³-hybridized carbons (Fsp3) is 0.650. The van der Waals surface area contributed by atoms with Crippen molar-refractivity contribution in [1.29, 1.82) is 0 Å². The largest absolute Gasteiger partial charge is 0.444 e. The molecule has 0 unspecified atom stereocenters. The Morgan fingerprint density at radius 3 is 2.63 bits per heavy atom. The predicted molar refractivity (Wildman–Crippen MR) is 102 cm³/mol.